The van der Waals surface area contributed by atoms with Gasteiger partial charge >= 0.3 is 5.97 Å². The number of aromatic nitrogens is 2. The number of aromatic carboxylic acids is 1. The average Bonchev–Trinajstić information content (AvgIpc) is 2.38. The molecule has 2 atom stereocenters. The van der Waals surface area contributed by atoms with Crippen LogP contribution < -0.4 is 4.90 Å². The molecule has 18 heavy (non-hydrogen) atoms. The molecule has 1 aliphatic carbocycles. The van der Waals surface area contributed by atoms with Crippen molar-refractivity contribution < 1.29 is 9.90 Å². The van der Waals surface area contributed by atoms with Crippen LogP contribution in [0.3, 0.4) is 0 Å². The molecule has 1 aromatic heterocycles. The van der Waals surface area contributed by atoms with Gasteiger partial charge in [-0.2, -0.15) is 0 Å². The fourth-order valence-corrected chi connectivity index (χ4v) is 2.55. The number of nitrogens with zero attached hydrogens (tertiary/aromatic N) is 3. The number of hydrogen-bond acceptors (Lipinski definition) is 4. The van der Waals surface area contributed by atoms with Crippen molar-refractivity contribution in [2.75, 3.05) is 11.9 Å². The van der Waals surface area contributed by atoms with Crippen molar-refractivity contribution in [3.8, 4) is 0 Å². The van der Waals surface area contributed by atoms with E-state index >= 15 is 0 Å². The van der Waals surface area contributed by atoms with Crippen molar-refractivity contribution in [2.45, 2.75) is 38.6 Å². The Balaban J connectivity index is 2.08. The highest BCUT2D eigenvalue weighted by atomic mass is 16.4. The van der Waals surface area contributed by atoms with Gasteiger partial charge in [-0.3, -0.25) is 0 Å². The Bertz CT molecular complexity index is 419. The van der Waals surface area contributed by atoms with Crippen LogP contribution in [0, 0.1) is 5.92 Å². The molecule has 98 valence electrons. The lowest BCUT2D eigenvalue weighted by molar-refractivity contribution is 0.0690. The van der Waals surface area contributed by atoms with Crippen LogP contribution in [0.2, 0.25) is 0 Å². The molecule has 0 bridgehead atoms. The van der Waals surface area contributed by atoms with Gasteiger partial charge in [0.1, 0.15) is 5.82 Å². The lowest BCUT2D eigenvalue weighted by atomic mass is 9.86. The van der Waals surface area contributed by atoms with Gasteiger partial charge in [-0.25, -0.2) is 14.8 Å². The highest BCUT2D eigenvalue weighted by Gasteiger charge is 2.23. The van der Waals surface area contributed by atoms with Gasteiger partial charge in [-0.1, -0.05) is 19.8 Å². The normalized spacial score (nSPS) is 23.7. The monoisotopic (exact) mass is 249 g/mol. The summed E-state index contributed by atoms with van der Waals surface area (Å²) in [7, 11) is 2.01. The molecule has 0 aromatic carbocycles. The van der Waals surface area contributed by atoms with Gasteiger partial charge in [0.25, 0.3) is 0 Å². The van der Waals surface area contributed by atoms with Crippen LogP contribution in [0.25, 0.3) is 0 Å². The first-order chi connectivity index (χ1) is 8.58. The van der Waals surface area contributed by atoms with Crippen molar-refractivity contribution >= 4 is 11.8 Å². The molecule has 1 aromatic rings. The summed E-state index contributed by atoms with van der Waals surface area (Å²) in [6, 6.07) is 0.485. The zero-order valence-corrected chi connectivity index (χ0v) is 10.8. The molecule has 5 heteroatoms. The molecule has 0 amide bonds. The second-order valence-corrected chi connectivity index (χ2v) is 5.10. The second-order valence-electron chi connectivity index (χ2n) is 5.10. The molecule has 0 spiro atoms. The summed E-state index contributed by atoms with van der Waals surface area (Å²) in [6.45, 7) is 2.28. The van der Waals surface area contributed by atoms with Crippen molar-refractivity contribution in [3.63, 3.8) is 0 Å². The molecule has 1 saturated carbocycles. The SMILES string of the molecule is CC1CCCC(N(C)c2cnc(C(=O)O)cn2)C1. The third-order valence-corrected chi connectivity index (χ3v) is 3.68. The largest absolute Gasteiger partial charge is 0.476 e. The maximum absolute atomic E-state index is 10.7. The minimum Gasteiger partial charge on any atom is -0.476 e. The molecule has 2 rings (SSSR count). The standard InChI is InChI=1S/C13H19N3O2/c1-9-4-3-5-10(6-9)16(2)12-8-14-11(7-15-12)13(17)18/h7-10H,3-6H2,1-2H3,(H,17,18). The molecule has 0 radical (unpaired) electrons. The van der Waals surface area contributed by atoms with E-state index in [4.69, 9.17) is 5.11 Å². The minimum atomic E-state index is -1.04. The maximum Gasteiger partial charge on any atom is 0.356 e. The zero-order chi connectivity index (χ0) is 13.1. The highest BCUT2D eigenvalue weighted by molar-refractivity contribution is 5.84. The van der Waals surface area contributed by atoms with Gasteiger partial charge in [0.2, 0.25) is 0 Å². The van der Waals surface area contributed by atoms with Crippen LogP contribution in [0.5, 0.6) is 0 Å². The van der Waals surface area contributed by atoms with E-state index in [0.29, 0.717) is 6.04 Å². The summed E-state index contributed by atoms with van der Waals surface area (Å²) < 4.78 is 0. The molecule has 1 fully saturated rings. The molecule has 1 heterocycles. The molecule has 1 aliphatic rings. The maximum atomic E-state index is 10.7. The van der Waals surface area contributed by atoms with Gasteiger partial charge < -0.3 is 10.0 Å². The van der Waals surface area contributed by atoms with Gasteiger partial charge in [-0.05, 0) is 18.8 Å². The van der Waals surface area contributed by atoms with Gasteiger partial charge in [0, 0.05) is 13.1 Å². The topological polar surface area (TPSA) is 66.3 Å². The third kappa shape index (κ3) is 2.78. The third-order valence-electron chi connectivity index (χ3n) is 3.68. The minimum absolute atomic E-state index is 0.0100. The smallest absolute Gasteiger partial charge is 0.356 e. The van der Waals surface area contributed by atoms with Crippen LogP contribution in [-0.2, 0) is 0 Å². The summed E-state index contributed by atoms with van der Waals surface area (Å²) >= 11 is 0. The van der Waals surface area contributed by atoms with E-state index < -0.39 is 5.97 Å². The number of carbonyl (C=O) groups is 1. The Kier molecular flexibility index (Phi) is 3.79. The quantitative estimate of drug-likeness (QED) is 0.889. The number of carboxylic acid groups (broad SMARTS) is 1. The second kappa shape index (κ2) is 5.33. The Hall–Kier alpha value is -1.65. The zero-order valence-electron chi connectivity index (χ0n) is 10.8. The van der Waals surface area contributed by atoms with Crippen LogP contribution in [0.4, 0.5) is 5.82 Å². The number of carboxylic acids is 1. The molecule has 2 unspecified atom stereocenters. The van der Waals surface area contributed by atoms with E-state index in [2.05, 4.69) is 21.8 Å². The van der Waals surface area contributed by atoms with Crippen LogP contribution in [0.15, 0.2) is 12.4 Å². The molecule has 1 N–H and O–H groups in total. The van der Waals surface area contributed by atoms with Crippen molar-refractivity contribution in [1.82, 2.24) is 9.97 Å². The molecule has 0 saturated heterocycles. The fraction of sp³-hybridized carbons (Fsp3) is 0.615. The first kappa shape index (κ1) is 12.8. The fourth-order valence-electron chi connectivity index (χ4n) is 2.55. The van der Waals surface area contributed by atoms with Crippen LogP contribution in [-0.4, -0.2) is 34.1 Å². The Morgan fingerprint density at radius 2 is 2.17 bits per heavy atom. The summed E-state index contributed by atoms with van der Waals surface area (Å²) in [5.74, 6) is 0.458. The van der Waals surface area contributed by atoms with E-state index in [1.165, 1.54) is 31.9 Å². The summed E-state index contributed by atoms with van der Waals surface area (Å²) in [4.78, 5) is 20.9. The van der Waals surface area contributed by atoms with Crippen molar-refractivity contribution in [2.24, 2.45) is 5.92 Å². The van der Waals surface area contributed by atoms with Crippen molar-refractivity contribution in [3.05, 3.63) is 18.1 Å². The number of hydrogen-bond donors (Lipinski definition) is 1. The molecule has 5 nitrogen and oxygen atoms in total. The van der Waals surface area contributed by atoms with E-state index in [1.54, 1.807) is 6.20 Å². The van der Waals surface area contributed by atoms with Crippen LogP contribution >= 0.6 is 0 Å². The first-order valence-electron chi connectivity index (χ1n) is 6.36. The lowest BCUT2D eigenvalue weighted by Crippen LogP contribution is -2.36. The predicted molar refractivity (Wildman–Crippen MR) is 68.8 cm³/mol. The molecular weight excluding hydrogens is 230 g/mol. The van der Waals surface area contributed by atoms with Gasteiger partial charge in [0.05, 0.1) is 12.4 Å². The number of rotatable bonds is 3. The van der Waals surface area contributed by atoms with Crippen molar-refractivity contribution in [1.29, 1.82) is 0 Å². The Morgan fingerprint density at radius 3 is 2.72 bits per heavy atom. The highest BCUT2D eigenvalue weighted by Crippen LogP contribution is 2.28. The summed E-state index contributed by atoms with van der Waals surface area (Å²) in [6.07, 6.45) is 7.75. The Morgan fingerprint density at radius 1 is 1.39 bits per heavy atom. The summed E-state index contributed by atoms with van der Waals surface area (Å²) in [5, 5.41) is 8.78. The van der Waals surface area contributed by atoms with Gasteiger partial charge in [0.15, 0.2) is 5.69 Å². The van der Waals surface area contributed by atoms with E-state index in [0.717, 1.165) is 11.7 Å². The first-order valence-corrected chi connectivity index (χ1v) is 6.36. The molecule has 0 aliphatic heterocycles. The van der Waals surface area contributed by atoms with E-state index in [1.807, 2.05) is 7.05 Å². The van der Waals surface area contributed by atoms with Crippen LogP contribution in [0.1, 0.15) is 43.1 Å². The average molecular weight is 249 g/mol. The number of anilines is 1. The van der Waals surface area contributed by atoms with E-state index in [9.17, 15) is 4.79 Å². The Labute approximate surface area is 107 Å². The van der Waals surface area contributed by atoms with E-state index in [-0.39, 0.29) is 5.69 Å². The molecular formula is C13H19N3O2. The lowest BCUT2D eigenvalue weighted by Gasteiger charge is -2.34. The van der Waals surface area contributed by atoms with Gasteiger partial charge in [-0.15, -0.1) is 0 Å². The predicted octanol–water partition coefficient (Wildman–Crippen LogP) is 2.19. The summed E-state index contributed by atoms with van der Waals surface area (Å²) in [5.41, 5.74) is -0.0100.